The number of halogens is 1. The predicted octanol–water partition coefficient (Wildman–Crippen LogP) is 3.40. The Hall–Kier alpha value is -1.69. The summed E-state index contributed by atoms with van der Waals surface area (Å²) in [6, 6.07) is 14.0. The molecule has 1 aliphatic rings. The predicted molar refractivity (Wildman–Crippen MR) is 97.2 cm³/mol. The highest BCUT2D eigenvalue weighted by molar-refractivity contribution is 6.62. The van der Waals surface area contributed by atoms with Crippen molar-refractivity contribution in [2.24, 2.45) is 0 Å². The van der Waals surface area contributed by atoms with Gasteiger partial charge in [-0.3, -0.25) is 0 Å². The SMILES string of the molecule is CC1(C)OB(c2ccc(CC(O)c3ccccc3F)cc2)OC1(C)C. The normalized spacial score (nSPS) is 19.8. The third kappa shape index (κ3) is 3.64. The molecule has 0 aliphatic carbocycles. The molecule has 1 aliphatic heterocycles. The number of benzene rings is 2. The molecule has 1 atom stereocenters. The molecule has 1 fully saturated rings. The lowest BCUT2D eigenvalue weighted by atomic mass is 9.78. The van der Waals surface area contributed by atoms with Gasteiger partial charge in [0.2, 0.25) is 0 Å². The molecule has 1 unspecified atom stereocenters. The molecule has 1 heterocycles. The van der Waals surface area contributed by atoms with Crippen molar-refractivity contribution in [2.75, 3.05) is 0 Å². The van der Waals surface area contributed by atoms with Crippen molar-refractivity contribution in [1.29, 1.82) is 0 Å². The van der Waals surface area contributed by atoms with Crippen molar-refractivity contribution in [3.63, 3.8) is 0 Å². The molecule has 0 aromatic heterocycles. The second-order valence-electron chi connectivity index (χ2n) is 7.57. The maximum Gasteiger partial charge on any atom is 0.494 e. The van der Waals surface area contributed by atoms with Gasteiger partial charge in [-0.05, 0) is 44.8 Å². The average molecular weight is 342 g/mol. The molecule has 0 amide bonds. The van der Waals surface area contributed by atoms with E-state index in [2.05, 4.69) is 0 Å². The molecule has 0 radical (unpaired) electrons. The maximum atomic E-state index is 13.8. The Balaban J connectivity index is 1.70. The standard InChI is InChI=1S/C20H24BFO3/c1-19(2)20(3,4)25-21(24-19)15-11-9-14(10-12-15)13-18(23)16-7-5-6-8-17(16)22/h5-12,18,23H,13H2,1-4H3. The first-order valence-electron chi connectivity index (χ1n) is 8.56. The van der Waals surface area contributed by atoms with Gasteiger partial charge in [0.25, 0.3) is 0 Å². The summed E-state index contributed by atoms with van der Waals surface area (Å²) in [6.45, 7) is 8.08. The molecule has 132 valence electrons. The van der Waals surface area contributed by atoms with Crippen LogP contribution in [-0.2, 0) is 15.7 Å². The van der Waals surface area contributed by atoms with Gasteiger partial charge in [0.15, 0.2) is 0 Å². The Bertz CT molecular complexity index is 727. The first kappa shape index (κ1) is 18.1. The van der Waals surface area contributed by atoms with Crippen LogP contribution in [0, 0.1) is 5.82 Å². The molecule has 3 nitrogen and oxygen atoms in total. The van der Waals surface area contributed by atoms with Crippen molar-refractivity contribution in [2.45, 2.75) is 51.4 Å². The van der Waals surface area contributed by atoms with Crippen molar-refractivity contribution in [3.8, 4) is 0 Å². The highest BCUT2D eigenvalue weighted by atomic mass is 19.1. The zero-order valence-electron chi connectivity index (χ0n) is 15.1. The van der Waals surface area contributed by atoms with Crippen LogP contribution in [0.15, 0.2) is 48.5 Å². The second-order valence-corrected chi connectivity index (χ2v) is 7.57. The summed E-state index contributed by atoms with van der Waals surface area (Å²) in [7, 11) is -0.407. The summed E-state index contributed by atoms with van der Waals surface area (Å²) < 4.78 is 25.8. The Kier molecular flexibility index (Phi) is 4.75. The molecular weight excluding hydrogens is 318 g/mol. The van der Waals surface area contributed by atoms with Crippen LogP contribution in [0.4, 0.5) is 4.39 Å². The molecular formula is C20H24BFO3. The summed E-state index contributed by atoms with van der Waals surface area (Å²) in [5.41, 5.74) is 1.42. The van der Waals surface area contributed by atoms with Gasteiger partial charge in [-0.2, -0.15) is 0 Å². The fourth-order valence-electron chi connectivity index (χ4n) is 2.87. The van der Waals surface area contributed by atoms with Gasteiger partial charge in [0.1, 0.15) is 5.82 Å². The van der Waals surface area contributed by atoms with Gasteiger partial charge in [0.05, 0.1) is 17.3 Å². The van der Waals surface area contributed by atoms with Crippen molar-refractivity contribution in [1.82, 2.24) is 0 Å². The molecule has 0 bridgehead atoms. The molecule has 1 saturated heterocycles. The lowest BCUT2D eigenvalue weighted by molar-refractivity contribution is 0.00578. The number of rotatable bonds is 4. The van der Waals surface area contributed by atoms with Crippen LogP contribution in [0.25, 0.3) is 0 Å². The Morgan fingerprint density at radius 1 is 0.960 bits per heavy atom. The summed E-state index contributed by atoms with van der Waals surface area (Å²) in [5, 5.41) is 10.3. The molecule has 0 saturated carbocycles. The van der Waals surface area contributed by atoms with Gasteiger partial charge in [-0.15, -0.1) is 0 Å². The first-order chi connectivity index (χ1) is 11.7. The third-order valence-electron chi connectivity index (χ3n) is 5.20. The van der Waals surface area contributed by atoms with Crippen molar-refractivity contribution >= 4 is 12.6 Å². The summed E-state index contributed by atoms with van der Waals surface area (Å²) >= 11 is 0. The minimum absolute atomic E-state index is 0.317. The van der Waals surface area contributed by atoms with E-state index < -0.39 is 13.2 Å². The van der Waals surface area contributed by atoms with E-state index in [-0.39, 0.29) is 17.0 Å². The lowest BCUT2D eigenvalue weighted by Crippen LogP contribution is -2.41. The number of aliphatic hydroxyl groups excluding tert-OH is 1. The molecule has 3 rings (SSSR count). The van der Waals surface area contributed by atoms with Gasteiger partial charge < -0.3 is 14.4 Å². The van der Waals surface area contributed by atoms with Crippen LogP contribution < -0.4 is 5.46 Å². The van der Waals surface area contributed by atoms with Crippen molar-refractivity contribution < 1.29 is 18.8 Å². The van der Waals surface area contributed by atoms with E-state index in [1.807, 2.05) is 52.0 Å². The minimum atomic E-state index is -0.871. The van der Waals surface area contributed by atoms with E-state index in [4.69, 9.17) is 9.31 Å². The zero-order valence-corrected chi connectivity index (χ0v) is 15.1. The molecule has 25 heavy (non-hydrogen) atoms. The topological polar surface area (TPSA) is 38.7 Å². The third-order valence-corrected chi connectivity index (χ3v) is 5.20. The van der Waals surface area contributed by atoms with E-state index in [0.29, 0.717) is 12.0 Å². The average Bonchev–Trinajstić information content (AvgIpc) is 2.76. The molecule has 0 spiro atoms. The van der Waals surface area contributed by atoms with Gasteiger partial charge in [-0.1, -0.05) is 42.5 Å². The van der Waals surface area contributed by atoms with E-state index >= 15 is 0 Å². The summed E-state index contributed by atoms with van der Waals surface area (Å²) in [6.07, 6.45) is -0.520. The molecule has 2 aromatic carbocycles. The van der Waals surface area contributed by atoms with Crippen molar-refractivity contribution in [3.05, 3.63) is 65.5 Å². The lowest BCUT2D eigenvalue weighted by Gasteiger charge is -2.32. The van der Waals surface area contributed by atoms with Gasteiger partial charge >= 0.3 is 7.12 Å². The van der Waals surface area contributed by atoms with E-state index in [0.717, 1.165) is 11.0 Å². The number of hydrogen-bond acceptors (Lipinski definition) is 3. The monoisotopic (exact) mass is 342 g/mol. The molecule has 1 N–H and O–H groups in total. The molecule has 5 heteroatoms. The van der Waals surface area contributed by atoms with Crippen LogP contribution in [0.1, 0.15) is 44.9 Å². The highest BCUT2D eigenvalue weighted by Gasteiger charge is 2.51. The highest BCUT2D eigenvalue weighted by Crippen LogP contribution is 2.36. The number of hydrogen-bond donors (Lipinski definition) is 1. The second kappa shape index (κ2) is 6.56. The van der Waals surface area contributed by atoms with Crippen LogP contribution >= 0.6 is 0 Å². The molecule has 2 aromatic rings. The Morgan fingerprint density at radius 2 is 1.52 bits per heavy atom. The Labute approximate surface area is 148 Å². The first-order valence-corrected chi connectivity index (χ1v) is 8.56. The van der Waals surface area contributed by atoms with Crippen LogP contribution in [-0.4, -0.2) is 23.4 Å². The van der Waals surface area contributed by atoms with E-state index in [1.54, 1.807) is 18.2 Å². The fourth-order valence-corrected chi connectivity index (χ4v) is 2.87. The number of aliphatic hydroxyl groups is 1. The van der Waals surface area contributed by atoms with E-state index in [1.165, 1.54) is 6.07 Å². The van der Waals surface area contributed by atoms with Crippen LogP contribution in [0.3, 0.4) is 0 Å². The smallest absolute Gasteiger partial charge is 0.399 e. The van der Waals surface area contributed by atoms with E-state index in [9.17, 15) is 9.50 Å². The summed E-state index contributed by atoms with van der Waals surface area (Å²) in [5.74, 6) is -0.385. The maximum absolute atomic E-state index is 13.8. The van der Waals surface area contributed by atoms with Gasteiger partial charge in [0, 0.05) is 12.0 Å². The quantitative estimate of drug-likeness (QED) is 0.866. The van der Waals surface area contributed by atoms with Crippen LogP contribution in [0.5, 0.6) is 0 Å². The fraction of sp³-hybridized carbons (Fsp3) is 0.400. The Morgan fingerprint density at radius 3 is 2.08 bits per heavy atom. The largest absolute Gasteiger partial charge is 0.494 e. The summed E-state index contributed by atoms with van der Waals surface area (Å²) in [4.78, 5) is 0. The zero-order chi connectivity index (χ0) is 18.2. The minimum Gasteiger partial charge on any atom is -0.399 e. The van der Waals surface area contributed by atoms with Crippen LogP contribution in [0.2, 0.25) is 0 Å². The van der Waals surface area contributed by atoms with Gasteiger partial charge in [-0.25, -0.2) is 4.39 Å².